The van der Waals surface area contributed by atoms with Crippen molar-refractivity contribution in [3.8, 4) is 0 Å². The van der Waals surface area contributed by atoms with Crippen LogP contribution in [0, 0.1) is 0 Å². The molecular formula is C16H16BrClN2O. The number of halogens is 2. The number of likely N-dealkylation sites (N-methyl/N-ethyl adjacent to an activating group) is 1. The highest BCUT2D eigenvalue weighted by Crippen LogP contribution is 2.17. The Morgan fingerprint density at radius 2 is 2.00 bits per heavy atom. The summed E-state index contributed by atoms with van der Waals surface area (Å²) in [6, 6.07) is 15.1. The van der Waals surface area contributed by atoms with Gasteiger partial charge in [0, 0.05) is 21.7 Å². The van der Waals surface area contributed by atoms with E-state index in [1.807, 2.05) is 48.3 Å². The summed E-state index contributed by atoms with van der Waals surface area (Å²) in [5, 5.41) is 3.44. The molecule has 0 unspecified atom stereocenters. The van der Waals surface area contributed by atoms with E-state index in [0.717, 1.165) is 10.0 Å². The summed E-state index contributed by atoms with van der Waals surface area (Å²) in [4.78, 5) is 14.0. The topological polar surface area (TPSA) is 32.3 Å². The van der Waals surface area contributed by atoms with Crippen molar-refractivity contribution in [1.82, 2.24) is 4.90 Å². The van der Waals surface area contributed by atoms with Gasteiger partial charge in [-0.2, -0.15) is 0 Å². The first kappa shape index (κ1) is 16.0. The average Bonchev–Trinajstić information content (AvgIpc) is 2.41. The highest BCUT2D eigenvalue weighted by Gasteiger charge is 2.09. The average molecular weight is 368 g/mol. The number of carbonyl (C=O) groups is 1. The molecule has 0 atom stereocenters. The van der Waals surface area contributed by atoms with Crippen molar-refractivity contribution in [3.05, 3.63) is 63.6 Å². The number of nitrogens with one attached hydrogen (secondary N) is 1. The maximum atomic E-state index is 12.0. The molecule has 0 aliphatic heterocycles. The molecule has 0 fully saturated rings. The molecule has 2 aromatic carbocycles. The van der Waals surface area contributed by atoms with E-state index < -0.39 is 0 Å². The fourth-order valence-corrected chi connectivity index (χ4v) is 2.59. The summed E-state index contributed by atoms with van der Waals surface area (Å²) in [6.07, 6.45) is 0. The van der Waals surface area contributed by atoms with Crippen molar-refractivity contribution in [2.45, 2.75) is 6.54 Å². The van der Waals surface area contributed by atoms with Crippen LogP contribution in [-0.2, 0) is 11.3 Å². The van der Waals surface area contributed by atoms with Crippen LogP contribution >= 0.6 is 27.5 Å². The number of rotatable bonds is 5. The van der Waals surface area contributed by atoms with E-state index in [2.05, 4.69) is 21.2 Å². The molecule has 0 bridgehead atoms. The van der Waals surface area contributed by atoms with Crippen LogP contribution in [0.2, 0.25) is 5.02 Å². The molecule has 3 nitrogen and oxygen atoms in total. The maximum absolute atomic E-state index is 12.0. The fourth-order valence-electron chi connectivity index (χ4n) is 1.99. The lowest BCUT2D eigenvalue weighted by Gasteiger charge is -2.17. The Balaban J connectivity index is 1.89. The quantitative estimate of drug-likeness (QED) is 0.860. The standard InChI is InChI=1S/C16H16BrClN2O/c1-20(10-12-5-2-3-8-15(12)17)11-16(21)19-14-7-4-6-13(18)9-14/h2-9H,10-11H2,1H3,(H,19,21). The molecule has 0 heterocycles. The summed E-state index contributed by atoms with van der Waals surface area (Å²) < 4.78 is 1.05. The van der Waals surface area contributed by atoms with Crippen molar-refractivity contribution in [2.75, 3.05) is 18.9 Å². The second-order valence-corrected chi connectivity index (χ2v) is 6.11. The van der Waals surface area contributed by atoms with E-state index in [9.17, 15) is 4.79 Å². The number of benzene rings is 2. The van der Waals surface area contributed by atoms with Crippen LogP contribution in [-0.4, -0.2) is 24.4 Å². The first-order valence-electron chi connectivity index (χ1n) is 6.52. The largest absolute Gasteiger partial charge is 0.325 e. The zero-order valence-corrected chi connectivity index (χ0v) is 14.0. The Morgan fingerprint density at radius 1 is 1.24 bits per heavy atom. The molecule has 5 heteroatoms. The summed E-state index contributed by atoms with van der Waals surface area (Å²) in [7, 11) is 1.91. The molecular weight excluding hydrogens is 352 g/mol. The molecule has 0 aliphatic carbocycles. The third kappa shape index (κ3) is 5.16. The summed E-state index contributed by atoms with van der Waals surface area (Å²) in [6.45, 7) is 1.01. The van der Waals surface area contributed by atoms with Crippen LogP contribution in [0.15, 0.2) is 53.0 Å². The minimum Gasteiger partial charge on any atom is -0.325 e. The summed E-state index contributed by atoms with van der Waals surface area (Å²) in [5.74, 6) is -0.0631. The first-order chi connectivity index (χ1) is 10.0. The molecule has 0 saturated heterocycles. The van der Waals surface area contributed by atoms with Gasteiger partial charge in [0.15, 0.2) is 0 Å². The molecule has 1 amide bonds. The van der Waals surface area contributed by atoms with Crippen molar-refractivity contribution < 1.29 is 4.79 Å². The molecule has 0 radical (unpaired) electrons. The van der Waals surface area contributed by atoms with Gasteiger partial charge in [0.05, 0.1) is 6.54 Å². The molecule has 21 heavy (non-hydrogen) atoms. The highest BCUT2D eigenvalue weighted by molar-refractivity contribution is 9.10. The Labute approximate surface area is 138 Å². The van der Waals surface area contributed by atoms with E-state index >= 15 is 0 Å². The normalized spacial score (nSPS) is 10.7. The van der Waals surface area contributed by atoms with Gasteiger partial charge in [-0.15, -0.1) is 0 Å². The minimum atomic E-state index is -0.0631. The lowest BCUT2D eigenvalue weighted by atomic mass is 10.2. The Hall–Kier alpha value is -1.36. The van der Waals surface area contributed by atoms with Crippen molar-refractivity contribution >= 4 is 39.1 Å². The Bertz CT molecular complexity index is 633. The molecule has 0 spiro atoms. The number of anilines is 1. The van der Waals surface area contributed by atoms with Gasteiger partial charge in [-0.3, -0.25) is 9.69 Å². The number of amides is 1. The van der Waals surface area contributed by atoms with Gasteiger partial charge in [0.25, 0.3) is 0 Å². The summed E-state index contributed by atoms with van der Waals surface area (Å²) >= 11 is 9.40. The van der Waals surface area contributed by atoms with Crippen LogP contribution < -0.4 is 5.32 Å². The second-order valence-electron chi connectivity index (χ2n) is 4.82. The first-order valence-corrected chi connectivity index (χ1v) is 7.69. The van der Waals surface area contributed by atoms with E-state index in [-0.39, 0.29) is 5.91 Å². The Kier molecular flexibility index (Phi) is 5.79. The molecule has 2 rings (SSSR count). The van der Waals surface area contributed by atoms with Crippen LogP contribution in [0.5, 0.6) is 0 Å². The van der Waals surface area contributed by atoms with Gasteiger partial charge in [-0.05, 0) is 36.9 Å². The van der Waals surface area contributed by atoms with Crippen molar-refractivity contribution in [3.63, 3.8) is 0 Å². The number of nitrogens with zero attached hydrogens (tertiary/aromatic N) is 1. The Morgan fingerprint density at radius 3 is 2.71 bits per heavy atom. The predicted octanol–water partition coefficient (Wildman–Crippen LogP) is 4.17. The van der Waals surface area contributed by atoms with Gasteiger partial charge >= 0.3 is 0 Å². The monoisotopic (exact) mass is 366 g/mol. The van der Waals surface area contributed by atoms with Crippen LogP contribution in [0.3, 0.4) is 0 Å². The number of hydrogen-bond donors (Lipinski definition) is 1. The molecule has 2 aromatic rings. The maximum Gasteiger partial charge on any atom is 0.238 e. The van der Waals surface area contributed by atoms with Crippen LogP contribution in [0.1, 0.15) is 5.56 Å². The lowest BCUT2D eigenvalue weighted by molar-refractivity contribution is -0.117. The zero-order chi connectivity index (χ0) is 15.2. The minimum absolute atomic E-state index is 0.0631. The second kappa shape index (κ2) is 7.59. The third-order valence-corrected chi connectivity index (χ3v) is 3.93. The third-order valence-electron chi connectivity index (χ3n) is 2.92. The smallest absolute Gasteiger partial charge is 0.238 e. The van der Waals surface area contributed by atoms with Gasteiger partial charge in [-0.25, -0.2) is 0 Å². The molecule has 0 aliphatic rings. The fraction of sp³-hybridized carbons (Fsp3) is 0.188. The zero-order valence-electron chi connectivity index (χ0n) is 11.6. The van der Waals surface area contributed by atoms with E-state index in [0.29, 0.717) is 23.8 Å². The molecule has 0 saturated carbocycles. The van der Waals surface area contributed by atoms with Gasteiger partial charge in [0.1, 0.15) is 0 Å². The number of carbonyl (C=O) groups excluding carboxylic acids is 1. The SMILES string of the molecule is CN(CC(=O)Nc1cccc(Cl)c1)Cc1ccccc1Br. The highest BCUT2D eigenvalue weighted by atomic mass is 79.9. The predicted molar refractivity (Wildman–Crippen MR) is 90.6 cm³/mol. The van der Waals surface area contributed by atoms with Crippen LogP contribution in [0.25, 0.3) is 0 Å². The van der Waals surface area contributed by atoms with E-state index in [1.165, 1.54) is 0 Å². The van der Waals surface area contributed by atoms with Crippen molar-refractivity contribution in [2.24, 2.45) is 0 Å². The van der Waals surface area contributed by atoms with Crippen LogP contribution in [0.4, 0.5) is 5.69 Å². The molecule has 110 valence electrons. The lowest BCUT2D eigenvalue weighted by Crippen LogP contribution is -2.29. The van der Waals surface area contributed by atoms with Gasteiger partial charge < -0.3 is 5.32 Å². The summed E-state index contributed by atoms with van der Waals surface area (Å²) in [5.41, 5.74) is 1.86. The van der Waals surface area contributed by atoms with Crippen molar-refractivity contribution in [1.29, 1.82) is 0 Å². The molecule has 0 aromatic heterocycles. The molecule has 1 N–H and O–H groups in total. The van der Waals surface area contributed by atoms with Gasteiger partial charge in [0.2, 0.25) is 5.91 Å². The van der Waals surface area contributed by atoms with Gasteiger partial charge in [-0.1, -0.05) is 51.8 Å². The van der Waals surface area contributed by atoms with E-state index in [4.69, 9.17) is 11.6 Å². The number of hydrogen-bond acceptors (Lipinski definition) is 2. The van der Waals surface area contributed by atoms with E-state index in [1.54, 1.807) is 12.1 Å².